The van der Waals surface area contributed by atoms with Crippen molar-refractivity contribution in [3.63, 3.8) is 0 Å². The van der Waals surface area contributed by atoms with Gasteiger partial charge in [0.05, 0.1) is 92.5 Å². The Balaban J connectivity index is 0.000000147. The lowest BCUT2D eigenvalue weighted by atomic mass is 9.77. The second kappa shape index (κ2) is 50.7. The van der Waals surface area contributed by atoms with Crippen molar-refractivity contribution in [1.29, 1.82) is 10.5 Å². The zero-order valence-corrected chi connectivity index (χ0v) is 85.5. The fourth-order valence-corrected chi connectivity index (χ4v) is 18.6. The molecule has 18 rings (SSSR count). The fourth-order valence-electron chi connectivity index (χ4n) is 18.6. The number of hydrogen-bond acceptors (Lipinski definition) is 31. The Hall–Kier alpha value is -16.3. The van der Waals surface area contributed by atoms with E-state index in [2.05, 4.69) is 199 Å². The summed E-state index contributed by atoms with van der Waals surface area (Å²) < 4.78 is 38.5. The average molecular weight is 2020 g/mol. The lowest BCUT2D eigenvalue weighted by Gasteiger charge is -2.36. The summed E-state index contributed by atoms with van der Waals surface area (Å²) in [6.45, 7) is 11.9. The Bertz CT molecular complexity index is 6830. The van der Waals surface area contributed by atoms with E-state index in [-0.39, 0.29) is 91.7 Å². The number of nitrogens with two attached hydrogens (primary N) is 1. The SMILES string of the molecule is C#Cc1cnc(NCCc2c[nH]c3ccccc23)nc1NC1CC(C(=O)N(C)C)C1.C#Cc1cnc(NCCc2c[nH]c3ccccc23)nc1NC1CC(C(=O)NC)C1.C#Cc1cnc(NCCc2c[nH]c3ccccc23)nc1NC1CC(C(N)=O)C1.CC(C)(F)COc1ncncc1CNc1ncc(C#N)c(C[C@@H]2CCCC(C)(O)C2)n1.CC(C)(F)COc1ncncc1CNc1ncc(C#N)c(C[C@H]2CCCC(C)(O)C2)n1. The first-order valence-corrected chi connectivity index (χ1v) is 50.2. The molecular weight excluding hydrogens is 1890 g/mol. The molecule has 0 radical (unpaired) electrons. The van der Waals surface area contributed by atoms with Crippen LogP contribution in [0.15, 0.2) is 147 Å². The van der Waals surface area contributed by atoms with Crippen LogP contribution in [0.2, 0.25) is 0 Å². The molecule has 39 heteroatoms. The number of carbonyl (C=O) groups excluding carboxylic acids is 3. The van der Waals surface area contributed by atoms with Crippen LogP contribution in [-0.4, -0.2) is 212 Å². The highest BCUT2D eigenvalue weighted by molar-refractivity contribution is 5.85. The Kier molecular flexibility index (Phi) is 36.9. The monoisotopic (exact) mass is 2020 g/mol. The minimum absolute atomic E-state index is 0.0578. The van der Waals surface area contributed by atoms with E-state index in [0.29, 0.717) is 167 Å². The second-order valence-corrected chi connectivity index (χ2v) is 40.3. The molecular formula is C110H130F2N30O7. The standard InChI is InChI=1S/C23H26N6O.2C22H29FN6O2.C22H24N6O.C21H22N6O/c1-4-15-13-26-23(24-10-9-16-14-25-20-8-6-5-7-19(16)20)28-21(15)27-18-11-17(12-18)22(30)29(2)3;2*1-21(2,23)13-31-19-17(10-25-14-28-19)12-27-20-26-11-16(9-24)18(29-20)7-15-5-4-6-22(3,30)8-15;1-3-14-12-26-22(28-20(14)27-17-10-16(11-17)21(29)23-2)24-9-8-15-13-25-19-7-5-4-6-18(15)19;1-2-13-11-25-21(27-20(13)26-16-9-15(10-16)19(22)28)23-8-7-14-12-24-18-6-4-3-5-17(14)18/h1,5-8,13-14,17-18,25H,9-12H2,2-3H3,(H2,24,26,27,28);2*10-11,14-15,30H,4-8,12-13H2,1-3H3,(H,26,27,29);1,4-7,12-13,16-17,25H,8-11H2,2H3,(H,23,29)(H2,24,26,27,28);1,3-6,11-12,15-16,24H,7-10H2,(H2,22,28)(H2,23,25,26,27)/t;2*15-,22?;;/m.10../s1. The van der Waals surface area contributed by atoms with Crippen molar-refractivity contribution in [1.82, 2.24) is 94.9 Å². The number of benzene rings is 3. The van der Waals surface area contributed by atoms with Crippen molar-refractivity contribution in [2.75, 3.05) is 96.5 Å². The number of carbonyl (C=O) groups is 3. The zero-order chi connectivity index (χ0) is 106. The molecule has 5 fully saturated rings. The van der Waals surface area contributed by atoms with Gasteiger partial charge in [-0.2, -0.15) is 25.5 Å². The number of para-hydroxylation sites is 3. The number of H-pyrrole nitrogens is 3. The highest BCUT2D eigenvalue weighted by Gasteiger charge is 2.39. The summed E-state index contributed by atoms with van der Waals surface area (Å²) in [5.41, 5.74) is 13.5. The number of ether oxygens (including phenoxy) is 2. The molecule has 3 aromatic carbocycles. The van der Waals surface area contributed by atoms with Gasteiger partial charge in [-0.05, 0) is 197 Å². The number of amides is 3. The van der Waals surface area contributed by atoms with E-state index in [9.17, 15) is 43.9 Å². The largest absolute Gasteiger partial charge is 0.474 e. The van der Waals surface area contributed by atoms with E-state index in [1.54, 1.807) is 57.0 Å². The van der Waals surface area contributed by atoms with Crippen molar-refractivity contribution < 1.29 is 42.9 Å². The Morgan fingerprint density at radius 3 is 1.16 bits per heavy atom. The number of terminal acetylenes is 3. The van der Waals surface area contributed by atoms with Gasteiger partial charge in [-0.1, -0.05) is 85.2 Å². The molecule has 0 saturated heterocycles. The Labute approximate surface area is 865 Å². The minimum atomic E-state index is -1.48. The fraction of sp³-hybridized carbons (Fsp3) is 0.427. The predicted molar refractivity (Wildman–Crippen MR) is 570 cm³/mol. The van der Waals surface area contributed by atoms with Gasteiger partial charge in [-0.15, -0.1) is 19.3 Å². The molecule has 2 unspecified atom stereocenters. The Morgan fingerprint density at radius 1 is 0.490 bits per heavy atom. The molecule has 5 saturated carbocycles. The van der Waals surface area contributed by atoms with Crippen LogP contribution in [0.3, 0.4) is 0 Å². The van der Waals surface area contributed by atoms with Crippen LogP contribution < -0.4 is 63.1 Å². The molecule has 5 aliphatic rings. The normalized spacial score (nSPS) is 19.4. The molecule has 776 valence electrons. The topological polar surface area (TPSA) is 523 Å². The summed E-state index contributed by atoms with van der Waals surface area (Å²) in [5, 5.41) is 72.1. The van der Waals surface area contributed by atoms with Crippen molar-refractivity contribution >= 4 is 97.6 Å². The summed E-state index contributed by atoms with van der Waals surface area (Å²) >= 11 is 0. The minimum Gasteiger partial charge on any atom is -0.474 e. The van der Waals surface area contributed by atoms with Gasteiger partial charge in [0.25, 0.3) is 0 Å². The number of nitriles is 2. The molecule has 5 aliphatic carbocycles. The van der Waals surface area contributed by atoms with Gasteiger partial charge in [-0.3, -0.25) is 14.4 Å². The third kappa shape index (κ3) is 31.1. The number of primary amides is 1. The van der Waals surface area contributed by atoms with Gasteiger partial charge in [0.2, 0.25) is 59.2 Å². The van der Waals surface area contributed by atoms with Crippen LogP contribution in [0, 0.1) is 89.3 Å². The maximum Gasteiger partial charge on any atom is 0.225 e. The molecule has 0 spiro atoms. The number of aromatic nitrogens is 17. The Morgan fingerprint density at radius 2 is 0.832 bits per heavy atom. The van der Waals surface area contributed by atoms with E-state index < -0.39 is 22.5 Å². The molecule has 4 atom stereocenters. The number of nitrogens with one attached hydrogen (secondary N) is 12. The second-order valence-electron chi connectivity index (χ2n) is 40.3. The van der Waals surface area contributed by atoms with Crippen LogP contribution in [0.25, 0.3) is 32.7 Å². The van der Waals surface area contributed by atoms with E-state index in [1.807, 2.05) is 68.8 Å². The third-order valence-corrected chi connectivity index (χ3v) is 26.7. The summed E-state index contributed by atoms with van der Waals surface area (Å²) in [5.74, 6) is 13.3. The number of aliphatic hydroxyl groups is 2. The third-order valence-electron chi connectivity index (χ3n) is 26.7. The summed E-state index contributed by atoms with van der Waals surface area (Å²) in [6.07, 6.45) is 51.9. The lowest BCUT2D eigenvalue weighted by molar-refractivity contribution is -0.135. The van der Waals surface area contributed by atoms with Crippen LogP contribution in [0.1, 0.15) is 198 Å². The van der Waals surface area contributed by atoms with Crippen LogP contribution in [0.4, 0.5) is 56.0 Å². The zero-order valence-electron chi connectivity index (χ0n) is 85.5. The van der Waals surface area contributed by atoms with Gasteiger partial charge in [0, 0.05) is 153 Å². The van der Waals surface area contributed by atoms with E-state index >= 15 is 0 Å². The van der Waals surface area contributed by atoms with E-state index in [1.165, 1.54) is 85.6 Å². The summed E-state index contributed by atoms with van der Waals surface area (Å²) in [7, 11) is 5.24. The van der Waals surface area contributed by atoms with Gasteiger partial charge in [0.1, 0.15) is 66.8 Å². The van der Waals surface area contributed by atoms with Crippen molar-refractivity contribution in [2.24, 2.45) is 35.3 Å². The highest BCUT2D eigenvalue weighted by atomic mass is 19.1. The molecule has 10 aromatic heterocycles. The molecule has 149 heavy (non-hydrogen) atoms. The van der Waals surface area contributed by atoms with Gasteiger partial charge in [0.15, 0.2) is 0 Å². The maximum atomic E-state index is 13.8. The number of anilines is 8. The van der Waals surface area contributed by atoms with Gasteiger partial charge in [-0.25, -0.2) is 63.6 Å². The molecule has 10 heterocycles. The maximum absolute atomic E-state index is 13.8. The van der Waals surface area contributed by atoms with E-state index in [4.69, 9.17) is 34.5 Å². The predicted octanol–water partition coefficient (Wildman–Crippen LogP) is 14.4. The number of hydrogen-bond donors (Lipinski definition) is 15. The molecule has 37 nitrogen and oxygen atoms in total. The average Bonchev–Trinajstić information content (AvgIpc) is 1.61. The molecule has 3 amide bonds. The lowest BCUT2D eigenvalue weighted by Crippen LogP contribution is -2.44. The molecule has 0 aliphatic heterocycles. The first-order chi connectivity index (χ1) is 71.7. The van der Waals surface area contributed by atoms with Gasteiger partial charge >= 0.3 is 0 Å². The first-order valence-electron chi connectivity index (χ1n) is 50.2. The van der Waals surface area contributed by atoms with Gasteiger partial charge < -0.3 is 93.1 Å². The number of fused-ring (bicyclic) bond motifs is 3. The van der Waals surface area contributed by atoms with Crippen molar-refractivity contribution in [3.8, 4) is 60.9 Å². The number of aromatic amines is 3. The summed E-state index contributed by atoms with van der Waals surface area (Å²) in [6, 6.07) is 29.6. The van der Waals surface area contributed by atoms with Crippen LogP contribution in [0.5, 0.6) is 11.8 Å². The summed E-state index contributed by atoms with van der Waals surface area (Å²) in [4.78, 5) is 107. The number of nitrogens with zero attached hydrogens (tertiary/aromatic N) is 17. The molecule has 0 bridgehead atoms. The molecule has 13 aromatic rings. The molecule has 16 N–H and O–H groups in total. The first kappa shape index (κ1) is 108. The van der Waals surface area contributed by atoms with Crippen molar-refractivity contribution in [2.45, 2.75) is 217 Å². The highest BCUT2D eigenvalue weighted by Crippen LogP contribution is 2.39. The number of rotatable bonds is 37. The van der Waals surface area contributed by atoms with Crippen LogP contribution in [-0.2, 0) is 59.6 Å². The van der Waals surface area contributed by atoms with Crippen molar-refractivity contribution in [3.05, 3.63) is 214 Å². The smallest absolute Gasteiger partial charge is 0.225 e. The number of halogens is 2. The van der Waals surface area contributed by atoms with E-state index in [0.717, 1.165) is 100 Å². The quantitative estimate of drug-likeness (QED) is 0.0161. The number of alkyl halides is 2. The van der Waals surface area contributed by atoms with Crippen LogP contribution >= 0.6 is 0 Å².